The first-order valence-corrected chi connectivity index (χ1v) is 5.18. The van der Waals surface area contributed by atoms with Crippen molar-refractivity contribution in [3.63, 3.8) is 0 Å². The molecule has 0 saturated carbocycles. The summed E-state index contributed by atoms with van der Waals surface area (Å²) in [5, 5.41) is 0. The maximum atomic E-state index is 10.8. The molecule has 1 unspecified atom stereocenters. The number of thioether (sulfide) groups is 1. The molecule has 0 amide bonds. The predicted molar refractivity (Wildman–Crippen MR) is 56.9 cm³/mol. The molecule has 3 heteroatoms. The number of esters is 1. The van der Waals surface area contributed by atoms with Gasteiger partial charge in [0.2, 0.25) is 0 Å². The zero-order valence-corrected chi connectivity index (χ0v) is 8.64. The molecule has 0 saturated heterocycles. The summed E-state index contributed by atoms with van der Waals surface area (Å²) in [5.74, 6) is -0.267. The van der Waals surface area contributed by atoms with Crippen LogP contribution in [0, 0.1) is 0 Å². The summed E-state index contributed by atoms with van der Waals surface area (Å²) in [6.45, 7) is 5.35. The lowest BCUT2D eigenvalue weighted by molar-refractivity contribution is -0.140. The van der Waals surface area contributed by atoms with E-state index in [1.165, 1.54) is 18.7 Å². The molecule has 1 aliphatic heterocycles. The minimum atomic E-state index is -0.267. The Morgan fingerprint density at radius 3 is 2.86 bits per heavy atom. The van der Waals surface area contributed by atoms with Crippen LogP contribution in [0.1, 0.15) is 12.5 Å². The largest absolute Gasteiger partial charge is 0.446 e. The molecule has 2 nitrogen and oxygen atoms in total. The Morgan fingerprint density at radius 1 is 1.50 bits per heavy atom. The summed E-state index contributed by atoms with van der Waals surface area (Å²) in [7, 11) is 0. The molecule has 0 spiro atoms. The second-order valence-electron chi connectivity index (χ2n) is 3.08. The number of benzene rings is 1. The van der Waals surface area contributed by atoms with Gasteiger partial charge in [0.15, 0.2) is 5.44 Å². The van der Waals surface area contributed by atoms with Crippen LogP contribution in [0.25, 0.3) is 5.57 Å². The monoisotopic (exact) mass is 206 g/mol. The molecule has 0 aromatic heterocycles. The van der Waals surface area contributed by atoms with Crippen LogP contribution in [0.3, 0.4) is 0 Å². The van der Waals surface area contributed by atoms with Crippen LogP contribution in [0.5, 0.6) is 0 Å². The maximum absolute atomic E-state index is 10.8. The lowest BCUT2D eigenvalue weighted by Crippen LogP contribution is -2.09. The molecule has 1 aromatic carbocycles. The van der Waals surface area contributed by atoms with Crippen LogP contribution >= 0.6 is 11.8 Å². The summed E-state index contributed by atoms with van der Waals surface area (Å²) < 4.78 is 5.13. The van der Waals surface area contributed by atoms with Crippen molar-refractivity contribution in [2.75, 3.05) is 0 Å². The molecule has 0 fully saturated rings. The van der Waals surface area contributed by atoms with E-state index >= 15 is 0 Å². The van der Waals surface area contributed by atoms with Crippen molar-refractivity contribution in [3.05, 3.63) is 36.4 Å². The van der Waals surface area contributed by atoms with E-state index < -0.39 is 0 Å². The van der Waals surface area contributed by atoms with Gasteiger partial charge in [0.05, 0.1) is 0 Å². The number of carbonyl (C=O) groups is 1. The van der Waals surface area contributed by atoms with Crippen molar-refractivity contribution < 1.29 is 9.53 Å². The van der Waals surface area contributed by atoms with Gasteiger partial charge in [-0.15, -0.1) is 0 Å². The number of hydrogen-bond donors (Lipinski definition) is 0. The number of carbonyl (C=O) groups excluding carboxylic acids is 1. The summed E-state index contributed by atoms with van der Waals surface area (Å²) in [6, 6.07) is 7.93. The minimum Gasteiger partial charge on any atom is -0.446 e. The fraction of sp³-hybridized carbons (Fsp3) is 0.182. The molecule has 2 rings (SSSR count). The third-order valence-corrected chi connectivity index (χ3v) is 3.23. The lowest BCUT2D eigenvalue weighted by atomic mass is 10.1. The Labute approximate surface area is 87.0 Å². The van der Waals surface area contributed by atoms with Crippen LogP contribution in [-0.2, 0) is 9.53 Å². The fourth-order valence-corrected chi connectivity index (χ4v) is 2.56. The molecule has 0 radical (unpaired) electrons. The SMILES string of the molecule is C=C1c2ccccc2SC1OC(C)=O. The first-order valence-electron chi connectivity index (χ1n) is 4.30. The highest BCUT2D eigenvalue weighted by atomic mass is 32.2. The Kier molecular flexibility index (Phi) is 2.33. The van der Waals surface area contributed by atoms with E-state index in [4.69, 9.17) is 4.74 Å². The molecule has 72 valence electrons. The number of ether oxygens (including phenoxy) is 1. The normalized spacial score (nSPS) is 19.2. The minimum absolute atomic E-state index is 0.245. The first kappa shape index (κ1) is 9.34. The number of hydrogen-bond acceptors (Lipinski definition) is 3. The van der Waals surface area contributed by atoms with Gasteiger partial charge in [-0.3, -0.25) is 4.79 Å². The average molecular weight is 206 g/mol. The lowest BCUT2D eigenvalue weighted by Gasteiger charge is -2.09. The van der Waals surface area contributed by atoms with Gasteiger partial charge in [-0.05, 0) is 11.6 Å². The predicted octanol–water partition coefficient (Wildman–Crippen LogP) is 2.69. The molecule has 0 aliphatic carbocycles. The highest BCUT2D eigenvalue weighted by Gasteiger charge is 2.27. The molecular weight excluding hydrogens is 196 g/mol. The van der Waals surface area contributed by atoms with Crippen LogP contribution in [0.4, 0.5) is 0 Å². The Bertz CT molecular complexity index is 398. The summed E-state index contributed by atoms with van der Waals surface area (Å²) in [6.07, 6.45) is 0. The second kappa shape index (κ2) is 3.50. The van der Waals surface area contributed by atoms with Crippen molar-refractivity contribution in [1.82, 2.24) is 0 Å². The Hall–Kier alpha value is -1.22. The zero-order chi connectivity index (χ0) is 10.1. The van der Waals surface area contributed by atoms with Crippen molar-refractivity contribution in [1.29, 1.82) is 0 Å². The molecule has 0 bridgehead atoms. The van der Waals surface area contributed by atoms with Crippen molar-refractivity contribution in [2.24, 2.45) is 0 Å². The van der Waals surface area contributed by atoms with Crippen molar-refractivity contribution in [2.45, 2.75) is 17.3 Å². The highest BCUT2D eigenvalue weighted by molar-refractivity contribution is 8.00. The van der Waals surface area contributed by atoms with Crippen LogP contribution in [0.2, 0.25) is 0 Å². The third kappa shape index (κ3) is 1.55. The number of rotatable bonds is 1. The van der Waals surface area contributed by atoms with E-state index in [-0.39, 0.29) is 11.4 Å². The maximum Gasteiger partial charge on any atom is 0.304 e. The topological polar surface area (TPSA) is 26.3 Å². The summed E-state index contributed by atoms with van der Waals surface area (Å²) in [5.41, 5.74) is 1.72. The highest BCUT2D eigenvalue weighted by Crippen LogP contribution is 2.44. The van der Waals surface area contributed by atoms with Gasteiger partial charge in [0.1, 0.15) is 0 Å². The van der Waals surface area contributed by atoms with Crippen LogP contribution < -0.4 is 0 Å². The van der Waals surface area contributed by atoms with Crippen LogP contribution in [-0.4, -0.2) is 11.4 Å². The van der Waals surface area contributed by atoms with E-state index in [9.17, 15) is 4.79 Å². The second-order valence-corrected chi connectivity index (χ2v) is 4.18. The molecule has 1 aromatic rings. The van der Waals surface area contributed by atoms with E-state index in [2.05, 4.69) is 6.58 Å². The molecule has 0 N–H and O–H groups in total. The Balaban J connectivity index is 2.26. The van der Waals surface area contributed by atoms with Crippen molar-refractivity contribution in [3.8, 4) is 0 Å². The number of fused-ring (bicyclic) bond motifs is 1. The van der Waals surface area contributed by atoms with Gasteiger partial charge in [-0.25, -0.2) is 0 Å². The molecule has 14 heavy (non-hydrogen) atoms. The van der Waals surface area contributed by atoms with Crippen LogP contribution in [0.15, 0.2) is 35.7 Å². The van der Waals surface area contributed by atoms with E-state index in [1.807, 2.05) is 24.3 Å². The Morgan fingerprint density at radius 2 is 2.21 bits per heavy atom. The van der Waals surface area contributed by atoms with E-state index in [0.717, 1.165) is 16.0 Å². The summed E-state index contributed by atoms with van der Waals surface area (Å²) in [4.78, 5) is 11.9. The molecule has 1 atom stereocenters. The standard InChI is InChI=1S/C11H10O2S/c1-7-9-5-3-4-6-10(9)14-11(7)13-8(2)12/h3-6,11H,1H2,2H3. The smallest absolute Gasteiger partial charge is 0.304 e. The van der Waals surface area contributed by atoms with Gasteiger partial charge >= 0.3 is 5.97 Å². The molecule has 1 aliphatic rings. The van der Waals surface area contributed by atoms with Gasteiger partial charge in [-0.1, -0.05) is 36.5 Å². The van der Waals surface area contributed by atoms with Crippen molar-refractivity contribution >= 4 is 23.3 Å². The van der Waals surface area contributed by atoms with Gasteiger partial charge < -0.3 is 4.74 Å². The molecular formula is C11H10O2S. The fourth-order valence-electron chi connectivity index (χ4n) is 1.39. The van der Waals surface area contributed by atoms with Gasteiger partial charge in [0, 0.05) is 17.4 Å². The average Bonchev–Trinajstić information content (AvgIpc) is 2.44. The van der Waals surface area contributed by atoms with Gasteiger partial charge in [-0.2, -0.15) is 0 Å². The zero-order valence-electron chi connectivity index (χ0n) is 7.82. The van der Waals surface area contributed by atoms with E-state index in [0.29, 0.717) is 0 Å². The first-order chi connectivity index (χ1) is 6.68. The third-order valence-electron chi connectivity index (χ3n) is 2.02. The van der Waals surface area contributed by atoms with Gasteiger partial charge in [0.25, 0.3) is 0 Å². The quantitative estimate of drug-likeness (QED) is 0.661. The molecule has 1 heterocycles. The summed E-state index contributed by atoms with van der Waals surface area (Å²) >= 11 is 1.53. The van der Waals surface area contributed by atoms with E-state index in [1.54, 1.807) is 0 Å².